The SMILES string of the molecule is CCN(CC)C(=CC=C(C(=O)O)[N+](=O)[O-])c1ccccc1. The van der Waals surface area contributed by atoms with Crippen LogP contribution in [0.25, 0.3) is 5.70 Å². The standard InChI is InChI=1S/C15H18N2O4/c1-3-16(4-2)13(12-8-6-5-7-9-12)10-11-14(15(18)19)17(20)21/h5-11H,3-4H2,1-2H3,(H,18,19). The summed E-state index contributed by atoms with van der Waals surface area (Å²) >= 11 is 0. The van der Waals surface area contributed by atoms with Gasteiger partial charge in [0.25, 0.3) is 0 Å². The molecule has 0 radical (unpaired) electrons. The van der Waals surface area contributed by atoms with E-state index in [-0.39, 0.29) is 0 Å². The lowest BCUT2D eigenvalue weighted by Crippen LogP contribution is -2.21. The molecule has 1 N–H and O–H groups in total. The number of nitro groups is 1. The molecule has 6 nitrogen and oxygen atoms in total. The maximum Gasteiger partial charge on any atom is 0.407 e. The van der Waals surface area contributed by atoms with Gasteiger partial charge in [-0.3, -0.25) is 10.1 Å². The Morgan fingerprint density at radius 1 is 1.24 bits per heavy atom. The summed E-state index contributed by atoms with van der Waals surface area (Å²) < 4.78 is 0. The number of nitrogens with zero attached hydrogens (tertiary/aromatic N) is 2. The quantitative estimate of drug-likeness (QED) is 0.361. The minimum atomic E-state index is -1.55. The number of carboxylic acids is 1. The molecule has 0 unspecified atom stereocenters. The van der Waals surface area contributed by atoms with E-state index in [4.69, 9.17) is 5.11 Å². The largest absolute Gasteiger partial charge is 0.473 e. The molecule has 0 saturated heterocycles. The van der Waals surface area contributed by atoms with Gasteiger partial charge in [-0.25, -0.2) is 4.79 Å². The molecule has 0 saturated carbocycles. The Morgan fingerprint density at radius 3 is 2.24 bits per heavy atom. The van der Waals surface area contributed by atoms with E-state index >= 15 is 0 Å². The third-order valence-electron chi connectivity index (χ3n) is 2.99. The van der Waals surface area contributed by atoms with Gasteiger partial charge in [0.1, 0.15) is 0 Å². The minimum Gasteiger partial charge on any atom is -0.473 e. The van der Waals surface area contributed by atoms with Crippen LogP contribution in [0.1, 0.15) is 19.4 Å². The zero-order chi connectivity index (χ0) is 15.8. The van der Waals surface area contributed by atoms with E-state index in [2.05, 4.69) is 0 Å². The Labute approximate surface area is 123 Å². The summed E-state index contributed by atoms with van der Waals surface area (Å²) in [6.45, 7) is 5.36. The summed E-state index contributed by atoms with van der Waals surface area (Å²) in [7, 11) is 0. The van der Waals surface area contributed by atoms with Crippen molar-refractivity contribution in [3.05, 3.63) is 63.9 Å². The number of hydrogen-bond acceptors (Lipinski definition) is 4. The van der Waals surface area contributed by atoms with Crippen LogP contribution in [0.3, 0.4) is 0 Å². The maximum absolute atomic E-state index is 10.8. The molecule has 0 fully saturated rings. The van der Waals surface area contributed by atoms with Crippen molar-refractivity contribution in [3.8, 4) is 0 Å². The molecule has 21 heavy (non-hydrogen) atoms. The van der Waals surface area contributed by atoms with Crippen molar-refractivity contribution in [2.75, 3.05) is 13.1 Å². The summed E-state index contributed by atoms with van der Waals surface area (Å²) in [6, 6.07) is 9.36. The summed E-state index contributed by atoms with van der Waals surface area (Å²) in [5.74, 6) is -1.55. The zero-order valence-corrected chi connectivity index (χ0v) is 12.0. The van der Waals surface area contributed by atoms with Gasteiger partial charge in [0.15, 0.2) is 0 Å². The van der Waals surface area contributed by atoms with Crippen molar-refractivity contribution >= 4 is 11.7 Å². The second kappa shape index (κ2) is 7.84. The highest BCUT2D eigenvalue weighted by Gasteiger charge is 2.19. The third-order valence-corrected chi connectivity index (χ3v) is 2.99. The van der Waals surface area contributed by atoms with E-state index in [0.717, 1.165) is 17.3 Å². The molecule has 1 rings (SSSR count). The molecule has 0 aliphatic heterocycles. The van der Waals surface area contributed by atoms with E-state index in [1.54, 1.807) is 0 Å². The molecule has 0 heterocycles. The van der Waals surface area contributed by atoms with Gasteiger partial charge in [-0.05, 0) is 25.5 Å². The topological polar surface area (TPSA) is 83.7 Å². The molecule has 0 aliphatic rings. The highest BCUT2D eigenvalue weighted by Crippen LogP contribution is 2.19. The number of rotatable bonds is 7. The second-order valence-corrected chi connectivity index (χ2v) is 4.20. The molecule has 0 aliphatic carbocycles. The van der Waals surface area contributed by atoms with E-state index in [1.807, 2.05) is 49.1 Å². The van der Waals surface area contributed by atoms with E-state index in [0.29, 0.717) is 13.1 Å². The van der Waals surface area contributed by atoms with Crippen LogP contribution in [-0.2, 0) is 4.79 Å². The van der Waals surface area contributed by atoms with Gasteiger partial charge in [-0.2, -0.15) is 0 Å². The molecule has 0 spiro atoms. The third kappa shape index (κ3) is 4.45. The lowest BCUT2D eigenvalue weighted by Gasteiger charge is -2.24. The fourth-order valence-corrected chi connectivity index (χ4v) is 1.93. The fourth-order valence-electron chi connectivity index (χ4n) is 1.93. The first-order valence-electron chi connectivity index (χ1n) is 6.61. The molecule has 6 heteroatoms. The minimum absolute atomic E-state index is 0.714. The van der Waals surface area contributed by atoms with Gasteiger partial charge in [-0.15, -0.1) is 0 Å². The summed E-state index contributed by atoms with van der Waals surface area (Å²) in [5.41, 5.74) is 0.780. The zero-order valence-electron chi connectivity index (χ0n) is 12.0. The van der Waals surface area contributed by atoms with Gasteiger partial charge >= 0.3 is 11.7 Å². The smallest absolute Gasteiger partial charge is 0.407 e. The molecule has 112 valence electrons. The van der Waals surface area contributed by atoms with Crippen LogP contribution in [0.4, 0.5) is 0 Å². The Kier molecular flexibility index (Phi) is 6.13. The van der Waals surface area contributed by atoms with Crippen LogP contribution in [0.5, 0.6) is 0 Å². The van der Waals surface area contributed by atoms with Crippen LogP contribution in [0.2, 0.25) is 0 Å². The second-order valence-electron chi connectivity index (χ2n) is 4.20. The molecule has 0 bridgehead atoms. The Morgan fingerprint density at radius 2 is 1.81 bits per heavy atom. The first-order valence-corrected chi connectivity index (χ1v) is 6.61. The van der Waals surface area contributed by atoms with Crippen LogP contribution in [0.15, 0.2) is 48.2 Å². The van der Waals surface area contributed by atoms with Crippen molar-refractivity contribution in [1.82, 2.24) is 4.90 Å². The number of carboxylic acid groups (broad SMARTS) is 1. The Hall–Kier alpha value is -2.63. The molecule has 0 aromatic heterocycles. The first kappa shape index (κ1) is 16.4. The molecule has 1 aromatic carbocycles. The van der Waals surface area contributed by atoms with Gasteiger partial charge in [0, 0.05) is 24.9 Å². The van der Waals surface area contributed by atoms with Crippen LogP contribution >= 0.6 is 0 Å². The lowest BCUT2D eigenvalue weighted by atomic mass is 10.1. The van der Waals surface area contributed by atoms with E-state index < -0.39 is 16.6 Å². The van der Waals surface area contributed by atoms with Crippen molar-refractivity contribution in [3.63, 3.8) is 0 Å². The van der Waals surface area contributed by atoms with E-state index in [9.17, 15) is 14.9 Å². The number of aliphatic carboxylic acids is 1. The average molecular weight is 290 g/mol. The first-order chi connectivity index (χ1) is 10.0. The monoisotopic (exact) mass is 290 g/mol. The van der Waals surface area contributed by atoms with Gasteiger partial charge in [0.05, 0.1) is 4.92 Å². The van der Waals surface area contributed by atoms with Crippen LogP contribution in [-0.4, -0.2) is 34.0 Å². The molecular formula is C15H18N2O4. The molecule has 0 amide bonds. The Balaban J connectivity index is 3.30. The van der Waals surface area contributed by atoms with Crippen molar-refractivity contribution in [2.45, 2.75) is 13.8 Å². The number of allylic oxidation sites excluding steroid dienone is 2. The fraction of sp³-hybridized carbons (Fsp3) is 0.267. The summed E-state index contributed by atoms with van der Waals surface area (Å²) in [5, 5.41) is 19.5. The molecule has 0 atom stereocenters. The molecule has 1 aromatic rings. The predicted molar refractivity (Wildman–Crippen MR) is 80.1 cm³/mol. The average Bonchev–Trinajstić information content (AvgIpc) is 2.47. The maximum atomic E-state index is 10.8. The van der Waals surface area contributed by atoms with Gasteiger partial charge < -0.3 is 10.0 Å². The van der Waals surface area contributed by atoms with Gasteiger partial charge in [0.2, 0.25) is 0 Å². The van der Waals surface area contributed by atoms with E-state index in [1.165, 1.54) is 6.08 Å². The summed E-state index contributed by atoms with van der Waals surface area (Å²) in [6.07, 6.45) is 2.51. The van der Waals surface area contributed by atoms with Crippen LogP contribution < -0.4 is 0 Å². The number of benzene rings is 1. The predicted octanol–water partition coefficient (Wildman–Crippen LogP) is 2.61. The van der Waals surface area contributed by atoms with Crippen molar-refractivity contribution in [2.24, 2.45) is 0 Å². The Bertz CT molecular complexity index is 544. The summed E-state index contributed by atoms with van der Waals surface area (Å²) in [4.78, 5) is 22.7. The normalized spacial score (nSPS) is 12.1. The van der Waals surface area contributed by atoms with Crippen LogP contribution in [0, 0.1) is 10.1 Å². The highest BCUT2D eigenvalue weighted by atomic mass is 16.6. The number of hydrogen-bond donors (Lipinski definition) is 1. The lowest BCUT2D eigenvalue weighted by molar-refractivity contribution is -0.420. The van der Waals surface area contributed by atoms with Crippen molar-refractivity contribution in [1.29, 1.82) is 0 Å². The van der Waals surface area contributed by atoms with Crippen molar-refractivity contribution < 1.29 is 14.8 Å². The van der Waals surface area contributed by atoms with Gasteiger partial charge in [-0.1, -0.05) is 30.3 Å². The highest BCUT2D eigenvalue weighted by molar-refractivity contribution is 5.84. The molecular weight excluding hydrogens is 272 g/mol. The number of carbonyl (C=O) groups is 1.